The Balaban J connectivity index is 2.20. The first-order chi connectivity index (χ1) is 10.0. The molecule has 2 rings (SSSR count). The first-order valence-electron chi connectivity index (χ1n) is 7.66. The second-order valence-electron chi connectivity index (χ2n) is 6.06. The minimum absolute atomic E-state index is 0.0243. The summed E-state index contributed by atoms with van der Waals surface area (Å²) in [6.07, 6.45) is 4.05. The Morgan fingerprint density at radius 1 is 1.43 bits per heavy atom. The van der Waals surface area contributed by atoms with Crippen LogP contribution in [-0.2, 0) is 6.42 Å². The van der Waals surface area contributed by atoms with Crippen LogP contribution in [0.3, 0.4) is 0 Å². The topological polar surface area (TPSA) is 41.3 Å². The summed E-state index contributed by atoms with van der Waals surface area (Å²) in [5, 5.41) is 0. The molecule has 1 aliphatic rings. The number of nitrogens with two attached hydrogens (primary N) is 1. The molecule has 1 heterocycles. The molecule has 0 bridgehead atoms. The van der Waals surface area contributed by atoms with Gasteiger partial charge in [0.1, 0.15) is 5.82 Å². The second kappa shape index (κ2) is 7.18. The molecule has 21 heavy (non-hydrogen) atoms. The van der Waals surface area contributed by atoms with Gasteiger partial charge < -0.3 is 0 Å². The van der Waals surface area contributed by atoms with E-state index in [1.807, 2.05) is 12.1 Å². The van der Waals surface area contributed by atoms with Gasteiger partial charge >= 0.3 is 0 Å². The molecule has 2 atom stereocenters. The lowest BCUT2D eigenvalue weighted by Gasteiger charge is -2.44. The maximum atomic E-state index is 14.1. The average Bonchev–Trinajstić information content (AvgIpc) is 3.00. The number of hydrogen-bond acceptors (Lipinski definition) is 3. The van der Waals surface area contributed by atoms with Crippen LogP contribution in [0.4, 0.5) is 4.39 Å². The van der Waals surface area contributed by atoms with Gasteiger partial charge in [-0.1, -0.05) is 28.9 Å². The fourth-order valence-corrected chi connectivity index (χ4v) is 3.62. The van der Waals surface area contributed by atoms with Crippen LogP contribution in [0.5, 0.6) is 0 Å². The molecule has 1 aromatic carbocycles. The molecular weight excluding hydrogens is 333 g/mol. The van der Waals surface area contributed by atoms with Gasteiger partial charge in [0, 0.05) is 16.1 Å². The van der Waals surface area contributed by atoms with Crippen LogP contribution in [0.2, 0.25) is 0 Å². The average molecular weight is 358 g/mol. The standard InChI is InChI=1S/C16H25BrFN3/c1-3-16(2,21-8-4-5-9-21)15(20-19)10-12-6-7-13(17)11-14(12)18/h6-7,11,15,20H,3-5,8-10,19H2,1-2H3. The summed E-state index contributed by atoms with van der Waals surface area (Å²) in [6, 6.07) is 5.26. The van der Waals surface area contributed by atoms with E-state index >= 15 is 0 Å². The molecule has 118 valence electrons. The summed E-state index contributed by atoms with van der Waals surface area (Å²) in [6.45, 7) is 6.62. The van der Waals surface area contributed by atoms with Crippen LogP contribution in [0.1, 0.15) is 38.7 Å². The van der Waals surface area contributed by atoms with Crippen molar-refractivity contribution in [3.63, 3.8) is 0 Å². The maximum absolute atomic E-state index is 14.1. The van der Waals surface area contributed by atoms with E-state index < -0.39 is 0 Å². The highest BCUT2D eigenvalue weighted by molar-refractivity contribution is 9.10. The molecule has 0 radical (unpaired) electrons. The van der Waals surface area contributed by atoms with Gasteiger partial charge in [-0.2, -0.15) is 0 Å². The van der Waals surface area contributed by atoms with Crippen molar-refractivity contribution in [3.05, 3.63) is 34.1 Å². The zero-order valence-corrected chi connectivity index (χ0v) is 14.4. The van der Waals surface area contributed by atoms with Crippen LogP contribution < -0.4 is 11.3 Å². The molecule has 1 fully saturated rings. The van der Waals surface area contributed by atoms with E-state index in [2.05, 4.69) is 40.1 Å². The monoisotopic (exact) mass is 357 g/mol. The van der Waals surface area contributed by atoms with Crippen molar-refractivity contribution in [2.45, 2.75) is 51.1 Å². The predicted octanol–water partition coefficient (Wildman–Crippen LogP) is 3.23. The van der Waals surface area contributed by atoms with Crippen molar-refractivity contribution < 1.29 is 4.39 Å². The van der Waals surface area contributed by atoms with E-state index in [9.17, 15) is 4.39 Å². The number of hydrogen-bond donors (Lipinski definition) is 2. The Kier molecular flexibility index (Phi) is 5.77. The number of nitrogens with one attached hydrogen (secondary N) is 1. The summed E-state index contributed by atoms with van der Waals surface area (Å²) in [5.41, 5.74) is 3.60. The molecule has 3 nitrogen and oxygen atoms in total. The smallest absolute Gasteiger partial charge is 0.127 e. The first kappa shape index (κ1) is 16.9. The molecule has 1 saturated heterocycles. The summed E-state index contributed by atoms with van der Waals surface area (Å²) >= 11 is 3.30. The molecular formula is C16H25BrFN3. The predicted molar refractivity (Wildman–Crippen MR) is 88.4 cm³/mol. The van der Waals surface area contributed by atoms with Crippen LogP contribution in [0, 0.1) is 5.82 Å². The Bertz CT molecular complexity index is 477. The fraction of sp³-hybridized carbons (Fsp3) is 0.625. The van der Waals surface area contributed by atoms with Gasteiger partial charge in [0.2, 0.25) is 0 Å². The Morgan fingerprint density at radius 2 is 2.10 bits per heavy atom. The summed E-state index contributed by atoms with van der Waals surface area (Å²) < 4.78 is 14.9. The van der Waals surface area contributed by atoms with E-state index in [1.54, 1.807) is 0 Å². The molecule has 5 heteroatoms. The van der Waals surface area contributed by atoms with Crippen molar-refractivity contribution >= 4 is 15.9 Å². The van der Waals surface area contributed by atoms with E-state index in [4.69, 9.17) is 5.84 Å². The molecule has 0 aliphatic carbocycles. The van der Waals surface area contributed by atoms with Crippen molar-refractivity contribution in [1.82, 2.24) is 10.3 Å². The highest BCUT2D eigenvalue weighted by Gasteiger charge is 2.39. The lowest BCUT2D eigenvalue weighted by Crippen LogP contribution is -2.61. The number of benzene rings is 1. The van der Waals surface area contributed by atoms with Gasteiger partial charge in [-0.05, 0) is 63.4 Å². The zero-order valence-electron chi connectivity index (χ0n) is 12.8. The summed E-state index contributed by atoms with van der Waals surface area (Å²) in [5.74, 6) is 5.65. The molecule has 0 spiro atoms. The van der Waals surface area contributed by atoms with E-state index in [-0.39, 0.29) is 17.4 Å². The first-order valence-corrected chi connectivity index (χ1v) is 8.45. The third-order valence-electron chi connectivity index (χ3n) is 4.94. The van der Waals surface area contributed by atoms with E-state index in [0.717, 1.165) is 24.0 Å². The van der Waals surface area contributed by atoms with Crippen molar-refractivity contribution in [2.24, 2.45) is 5.84 Å². The highest BCUT2D eigenvalue weighted by atomic mass is 79.9. The summed E-state index contributed by atoms with van der Waals surface area (Å²) in [7, 11) is 0. The van der Waals surface area contributed by atoms with Gasteiger partial charge in [-0.15, -0.1) is 0 Å². The zero-order chi connectivity index (χ0) is 15.5. The molecule has 0 aromatic heterocycles. The Hall–Kier alpha value is -0.490. The fourth-order valence-electron chi connectivity index (χ4n) is 3.28. The lowest BCUT2D eigenvalue weighted by molar-refractivity contribution is 0.0837. The van der Waals surface area contributed by atoms with E-state index in [1.165, 1.54) is 18.9 Å². The Morgan fingerprint density at radius 3 is 2.62 bits per heavy atom. The van der Waals surface area contributed by atoms with Crippen molar-refractivity contribution in [1.29, 1.82) is 0 Å². The number of likely N-dealkylation sites (tertiary alicyclic amines) is 1. The highest BCUT2D eigenvalue weighted by Crippen LogP contribution is 2.30. The molecule has 0 amide bonds. The van der Waals surface area contributed by atoms with Crippen LogP contribution >= 0.6 is 15.9 Å². The molecule has 3 N–H and O–H groups in total. The molecule has 0 saturated carbocycles. The SMILES string of the molecule is CCC(C)(C(Cc1ccc(Br)cc1F)NN)N1CCCC1. The molecule has 2 unspecified atom stereocenters. The normalized spacial score (nSPS) is 20.4. The van der Waals surface area contributed by atoms with Gasteiger partial charge in [0.05, 0.1) is 0 Å². The minimum Gasteiger partial charge on any atom is -0.296 e. The van der Waals surface area contributed by atoms with Crippen molar-refractivity contribution in [3.8, 4) is 0 Å². The quantitative estimate of drug-likeness (QED) is 0.606. The van der Waals surface area contributed by atoms with Crippen LogP contribution in [-0.4, -0.2) is 29.6 Å². The van der Waals surface area contributed by atoms with Crippen molar-refractivity contribution in [2.75, 3.05) is 13.1 Å². The lowest BCUT2D eigenvalue weighted by atomic mass is 9.84. The van der Waals surface area contributed by atoms with Gasteiger partial charge in [0.25, 0.3) is 0 Å². The van der Waals surface area contributed by atoms with Gasteiger partial charge in [0.15, 0.2) is 0 Å². The molecule has 1 aromatic rings. The maximum Gasteiger partial charge on any atom is 0.127 e. The van der Waals surface area contributed by atoms with Gasteiger partial charge in [-0.25, -0.2) is 4.39 Å². The van der Waals surface area contributed by atoms with Crippen LogP contribution in [0.15, 0.2) is 22.7 Å². The number of rotatable bonds is 6. The summed E-state index contributed by atoms with van der Waals surface area (Å²) in [4.78, 5) is 2.49. The Labute approximate surface area is 135 Å². The van der Waals surface area contributed by atoms with Gasteiger partial charge in [-0.3, -0.25) is 16.2 Å². The third kappa shape index (κ3) is 3.65. The third-order valence-corrected chi connectivity index (χ3v) is 5.43. The van der Waals surface area contributed by atoms with E-state index in [0.29, 0.717) is 12.0 Å². The molecule has 1 aliphatic heterocycles. The number of halogens is 2. The second-order valence-corrected chi connectivity index (χ2v) is 6.98. The minimum atomic E-state index is -0.176. The number of nitrogens with zero attached hydrogens (tertiary/aromatic N) is 1. The van der Waals surface area contributed by atoms with Crippen LogP contribution in [0.25, 0.3) is 0 Å². The largest absolute Gasteiger partial charge is 0.296 e. The number of hydrazine groups is 1.